The van der Waals surface area contributed by atoms with Gasteiger partial charge in [-0.25, -0.2) is 19.5 Å². The van der Waals surface area contributed by atoms with Gasteiger partial charge in [-0.1, -0.05) is 0 Å². The number of phosphoric ester groups is 1. The lowest BCUT2D eigenvalue weighted by atomic mass is 10.1. The molecule has 0 bridgehead atoms. The van der Waals surface area contributed by atoms with Crippen LogP contribution in [0.1, 0.15) is 6.23 Å². The fourth-order valence-corrected chi connectivity index (χ4v) is 4.41. The van der Waals surface area contributed by atoms with Crippen LogP contribution in [0.2, 0.25) is 0 Å². The molecule has 2 aliphatic heterocycles. The van der Waals surface area contributed by atoms with Crippen LogP contribution in [0.3, 0.4) is 0 Å². The Hall–Kier alpha value is -1.14. The number of aromatic nitrogens is 4. The lowest BCUT2D eigenvalue weighted by Gasteiger charge is -2.29. The second-order valence-corrected chi connectivity index (χ2v) is 7.40. The number of phosphoric acid groups is 1. The molecule has 0 spiro atoms. The van der Waals surface area contributed by atoms with Gasteiger partial charge in [0.25, 0.3) is 0 Å². The molecular formula is C11H13BrN5O6P. The maximum absolute atomic E-state index is 11.7. The van der Waals surface area contributed by atoms with Crippen molar-refractivity contribution in [1.82, 2.24) is 19.5 Å². The predicted molar refractivity (Wildman–Crippen MR) is 82.8 cm³/mol. The first kappa shape index (κ1) is 16.3. The predicted octanol–water partition coefficient (Wildman–Crippen LogP) is 0.599. The summed E-state index contributed by atoms with van der Waals surface area (Å²) in [4.78, 5) is 21.9. The minimum Gasteiger partial charge on any atom is -0.382 e. The third-order valence-electron chi connectivity index (χ3n) is 3.93. The number of ether oxygens (including phenoxy) is 2. The molecule has 5 atom stereocenters. The largest absolute Gasteiger partial charge is 0.472 e. The van der Waals surface area contributed by atoms with Crippen LogP contribution in [0, 0.1) is 0 Å². The van der Waals surface area contributed by atoms with Gasteiger partial charge in [-0.2, -0.15) is 0 Å². The molecule has 0 amide bonds. The molecule has 2 aliphatic rings. The maximum Gasteiger partial charge on any atom is 0.472 e. The Balaban J connectivity index is 1.79. The van der Waals surface area contributed by atoms with Crippen molar-refractivity contribution in [3.8, 4) is 0 Å². The van der Waals surface area contributed by atoms with E-state index in [1.165, 1.54) is 13.4 Å². The Morgan fingerprint density at radius 3 is 3.08 bits per heavy atom. The van der Waals surface area contributed by atoms with Gasteiger partial charge in [-0.15, -0.1) is 0 Å². The number of anilines is 1. The normalized spacial score (nSPS) is 36.1. The number of hydrogen-bond acceptors (Lipinski definition) is 9. The standard InChI is InChI=1S/C11H13BrN5O6P/c1-20-7-6-4(2-21-24(18,19)23-6)22-10(7)17-9-5(16-11(17)12)8(13)14-3-15-9/h3-4,6-7,10H,2H2,1H3,(H,18,19)(H2,13,14,15)/t4-,6-,7-,10-/m1/s1. The number of fused-ring (bicyclic) bond motifs is 2. The molecule has 2 aromatic rings. The number of rotatable bonds is 2. The highest BCUT2D eigenvalue weighted by atomic mass is 79.9. The van der Waals surface area contributed by atoms with Gasteiger partial charge in [0, 0.05) is 7.11 Å². The van der Waals surface area contributed by atoms with Crippen LogP contribution in [0.25, 0.3) is 11.2 Å². The smallest absolute Gasteiger partial charge is 0.382 e. The van der Waals surface area contributed by atoms with Crippen molar-refractivity contribution in [2.75, 3.05) is 19.5 Å². The fourth-order valence-electron chi connectivity index (χ4n) is 2.91. The van der Waals surface area contributed by atoms with E-state index in [0.717, 1.165) is 0 Å². The number of halogens is 1. The van der Waals surface area contributed by atoms with Crippen molar-refractivity contribution in [1.29, 1.82) is 0 Å². The minimum atomic E-state index is -4.12. The van der Waals surface area contributed by atoms with Crippen molar-refractivity contribution in [2.45, 2.75) is 24.5 Å². The van der Waals surface area contributed by atoms with Gasteiger partial charge in [-0.3, -0.25) is 13.6 Å². The maximum atomic E-state index is 11.7. The van der Waals surface area contributed by atoms with Crippen LogP contribution in [-0.4, -0.2) is 56.4 Å². The first-order valence-corrected chi connectivity index (χ1v) is 9.18. The van der Waals surface area contributed by atoms with Crippen LogP contribution in [0.5, 0.6) is 0 Å². The minimum absolute atomic E-state index is 0.0871. The van der Waals surface area contributed by atoms with Gasteiger partial charge in [0.2, 0.25) is 0 Å². The molecule has 0 aromatic carbocycles. The van der Waals surface area contributed by atoms with E-state index in [9.17, 15) is 9.46 Å². The van der Waals surface area contributed by atoms with Crippen LogP contribution >= 0.6 is 23.8 Å². The molecule has 2 aromatic heterocycles. The fraction of sp³-hybridized carbons (Fsp3) is 0.545. The van der Waals surface area contributed by atoms with E-state index in [4.69, 9.17) is 24.3 Å². The molecule has 24 heavy (non-hydrogen) atoms. The summed E-state index contributed by atoms with van der Waals surface area (Å²) >= 11 is 3.35. The summed E-state index contributed by atoms with van der Waals surface area (Å²) in [5.74, 6) is 0.225. The van der Waals surface area contributed by atoms with Crippen molar-refractivity contribution >= 4 is 40.7 Å². The van der Waals surface area contributed by atoms with E-state index in [-0.39, 0.29) is 12.4 Å². The third kappa shape index (κ3) is 2.46. The average Bonchev–Trinajstić information content (AvgIpc) is 3.03. The molecule has 0 aliphatic carbocycles. The highest BCUT2D eigenvalue weighted by Gasteiger charge is 2.54. The van der Waals surface area contributed by atoms with Crippen LogP contribution in [0.15, 0.2) is 11.1 Å². The summed E-state index contributed by atoms with van der Waals surface area (Å²) in [5.41, 5.74) is 6.67. The topological polar surface area (TPSA) is 144 Å². The Morgan fingerprint density at radius 2 is 2.33 bits per heavy atom. The number of hydrogen-bond donors (Lipinski definition) is 2. The first-order chi connectivity index (χ1) is 11.4. The van der Waals surface area contributed by atoms with E-state index in [1.807, 2.05) is 0 Å². The number of nitrogen functional groups attached to an aromatic ring is 1. The van der Waals surface area contributed by atoms with Gasteiger partial charge in [0.15, 0.2) is 27.9 Å². The SMILES string of the molecule is CO[C@@H]1[C@@H]2OP(=O)(O)OC[C@H]2O[C@H]1n1c(Br)nc2c(N)ncnc21. The van der Waals surface area contributed by atoms with Gasteiger partial charge in [-0.05, 0) is 15.9 Å². The molecule has 2 saturated heterocycles. The molecular weight excluding hydrogens is 409 g/mol. The molecule has 2 fully saturated rings. The summed E-state index contributed by atoms with van der Waals surface area (Å²) in [6.07, 6.45) is -1.41. The zero-order chi connectivity index (χ0) is 17.1. The lowest BCUT2D eigenvalue weighted by Crippen LogP contribution is -2.40. The molecule has 11 nitrogen and oxygen atoms in total. The Bertz CT molecular complexity index is 848. The highest BCUT2D eigenvalue weighted by Crippen LogP contribution is 2.53. The molecule has 0 saturated carbocycles. The molecule has 13 heteroatoms. The molecule has 4 rings (SSSR count). The summed E-state index contributed by atoms with van der Waals surface area (Å²) in [7, 11) is -2.66. The zero-order valence-electron chi connectivity index (χ0n) is 12.3. The van der Waals surface area contributed by atoms with E-state index in [0.29, 0.717) is 15.9 Å². The average molecular weight is 422 g/mol. The summed E-state index contributed by atoms with van der Waals surface area (Å²) < 4.78 is 35.0. The quantitative estimate of drug-likeness (QED) is 0.522. The Labute approximate surface area is 143 Å². The first-order valence-electron chi connectivity index (χ1n) is 6.89. The van der Waals surface area contributed by atoms with E-state index in [2.05, 4.69) is 30.9 Å². The zero-order valence-corrected chi connectivity index (χ0v) is 14.8. The van der Waals surface area contributed by atoms with Gasteiger partial charge in [0.1, 0.15) is 24.6 Å². The van der Waals surface area contributed by atoms with Crippen molar-refractivity contribution in [3.63, 3.8) is 0 Å². The van der Waals surface area contributed by atoms with E-state index < -0.39 is 32.4 Å². The van der Waals surface area contributed by atoms with Crippen LogP contribution in [0.4, 0.5) is 5.82 Å². The van der Waals surface area contributed by atoms with E-state index >= 15 is 0 Å². The number of methoxy groups -OCH3 is 1. The van der Waals surface area contributed by atoms with Crippen molar-refractivity contribution in [3.05, 3.63) is 11.1 Å². The molecule has 4 heterocycles. The Kier molecular flexibility index (Phi) is 3.88. The number of nitrogens with two attached hydrogens (primary N) is 1. The second-order valence-electron chi connectivity index (χ2n) is 5.28. The van der Waals surface area contributed by atoms with Crippen LogP contribution in [-0.2, 0) is 23.1 Å². The number of nitrogens with zero attached hydrogens (tertiary/aromatic N) is 4. The molecule has 1 unspecified atom stereocenters. The van der Waals surface area contributed by atoms with Gasteiger partial charge in [0.05, 0.1) is 6.61 Å². The van der Waals surface area contributed by atoms with E-state index in [1.54, 1.807) is 4.57 Å². The lowest BCUT2D eigenvalue weighted by molar-refractivity contribution is -0.0673. The highest BCUT2D eigenvalue weighted by molar-refractivity contribution is 9.10. The second kappa shape index (κ2) is 5.70. The van der Waals surface area contributed by atoms with Crippen molar-refractivity contribution in [2.24, 2.45) is 0 Å². The van der Waals surface area contributed by atoms with Gasteiger partial charge < -0.3 is 20.1 Å². The monoisotopic (exact) mass is 421 g/mol. The molecule has 0 radical (unpaired) electrons. The van der Waals surface area contributed by atoms with Gasteiger partial charge >= 0.3 is 7.82 Å². The Morgan fingerprint density at radius 1 is 1.54 bits per heavy atom. The summed E-state index contributed by atoms with van der Waals surface area (Å²) in [6, 6.07) is 0. The third-order valence-corrected chi connectivity index (χ3v) is 5.48. The molecule has 3 N–H and O–H groups in total. The molecule has 130 valence electrons. The van der Waals surface area contributed by atoms with Crippen LogP contribution < -0.4 is 5.73 Å². The summed E-state index contributed by atoms with van der Waals surface area (Å²) in [5, 5.41) is 0. The summed E-state index contributed by atoms with van der Waals surface area (Å²) in [6.45, 7) is -0.0871. The number of imidazole rings is 1. The van der Waals surface area contributed by atoms with Crippen molar-refractivity contribution < 1.29 is 28.0 Å².